The van der Waals surface area contributed by atoms with Gasteiger partial charge in [-0.15, -0.1) is 0 Å². The smallest absolute Gasteiger partial charge is 0.306 e. The summed E-state index contributed by atoms with van der Waals surface area (Å²) in [6, 6.07) is 0. The summed E-state index contributed by atoms with van der Waals surface area (Å²) in [6.45, 7) is 6.54. The molecule has 0 radical (unpaired) electrons. The number of Topliss-reactive ketones (excluding diaryl/α,β-unsaturated/α-hetero) is 2. The molecule has 1 N–H and O–H groups in total. The second kappa shape index (κ2) is 22.7. The first kappa shape index (κ1) is 43.8. The Bertz CT molecular complexity index is 324. The van der Waals surface area contributed by atoms with Crippen LogP contribution in [0.2, 0.25) is 0 Å². The molecule has 0 aliphatic rings. The fourth-order valence-corrected chi connectivity index (χ4v) is 1.72. The molecule has 0 rings (SSSR count). The van der Waals surface area contributed by atoms with Crippen LogP contribution in [0, 0.1) is 0 Å². The molecule has 0 spiro atoms. The molecule has 160 valence electrons. The van der Waals surface area contributed by atoms with Gasteiger partial charge in [-0.3, -0.25) is 14.4 Å². The number of methoxy groups -OCH3 is 2. The standard InChI is InChI=1S/C8H14O4.C6H12O2.5CH4.H2/c1-4-8(12-3,6(2)9)5-7(10)11;1-4-6(8-3)5(2)7;;;;;;/h4-5H2,1-3H3,(H,10,11);6H,4H2,1-3H3;5*1H4;1H/i;;;;;;;1+1. The van der Waals surface area contributed by atoms with Gasteiger partial charge in [0.2, 0.25) is 0 Å². The van der Waals surface area contributed by atoms with E-state index >= 15 is 0 Å². The number of ketones is 2. The van der Waals surface area contributed by atoms with Crippen molar-refractivity contribution in [1.29, 1.82) is 0 Å². The van der Waals surface area contributed by atoms with E-state index in [-0.39, 0.29) is 62.7 Å². The van der Waals surface area contributed by atoms with E-state index in [2.05, 4.69) is 0 Å². The Hall–Kier alpha value is -1.27. The third kappa shape index (κ3) is 17.3. The molecule has 2 atom stereocenters. The molecule has 0 aromatic carbocycles. The lowest BCUT2D eigenvalue weighted by atomic mass is 9.92. The summed E-state index contributed by atoms with van der Waals surface area (Å²) in [5.41, 5.74) is -1.13. The minimum atomic E-state index is -1.13. The molecule has 0 saturated carbocycles. The Kier molecular flexibility index (Phi) is 39.8. The lowest BCUT2D eigenvalue weighted by molar-refractivity contribution is -0.153. The maximum atomic E-state index is 11.1. The van der Waals surface area contributed by atoms with E-state index in [1.807, 2.05) is 6.92 Å². The SMILES string of the molecule is C.C.C.C.C.CCC(CC(=O)O)(OC)C(C)=O.CCC(OC)C(C)=O.[2HH]. The van der Waals surface area contributed by atoms with E-state index in [1.165, 1.54) is 21.0 Å². The topological polar surface area (TPSA) is 89.9 Å². The molecule has 0 aromatic heterocycles. The van der Waals surface area contributed by atoms with Crippen LogP contribution in [0.3, 0.4) is 0 Å². The minimum Gasteiger partial charge on any atom is -0.481 e. The van der Waals surface area contributed by atoms with Gasteiger partial charge in [-0.2, -0.15) is 0 Å². The van der Waals surface area contributed by atoms with Crippen molar-refractivity contribution in [3.63, 3.8) is 0 Å². The summed E-state index contributed by atoms with van der Waals surface area (Å²) in [5, 5.41) is 8.53. The lowest BCUT2D eigenvalue weighted by Crippen LogP contribution is -2.40. The van der Waals surface area contributed by atoms with Gasteiger partial charge in [-0.1, -0.05) is 51.0 Å². The Morgan fingerprint density at radius 1 is 1.00 bits per heavy atom. The highest BCUT2D eigenvalue weighted by molar-refractivity contribution is 5.89. The number of hydrogen-bond acceptors (Lipinski definition) is 5. The van der Waals surface area contributed by atoms with E-state index in [0.717, 1.165) is 6.42 Å². The van der Waals surface area contributed by atoms with Crippen molar-refractivity contribution in [1.82, 2.24) is 0 Å². The van der Waals surface area contributed by atoms with Crippen molar-refractivity contribution < 1.29 is 30.4 Å². The fourth-order valence-electron chi connectivity index (χ4n) is 1.72. The van der Waals surface area contributed by atoms with Crippen LogP contribution in [0.5, 0.6) is 0 Å². The first-order chi connectivity index (χ1) is 9.20. The molecule has 25 heavy (non-hydrogen) atoms. The van der Waals surface area contributed by atoms with Crippen LogP contribution >= 0.6 is 0 Å². The molecule has 6 nitrogen and oxygen atoms in total. The van der Waals surface area contributed by atoms with E-state index in [9.17, 15) is 14.4 Å². The van der Waals surface area contributed by atoms with Crippen molar-refractivity contribution in [2.24, 2.45) is 0 Å². The molecule has 0 bridgehead atoms. The lowest BCUT2D eigenvalue weighted by Gasteiger charge is -2.26. The predicted molar refractivity (Wildman–Crippen MR) is 111 cm³/mol. The highest BCUT2D eigenvalue weighted by atomic mass is 16.5. The summed E-state index contributed by atoms with van der Waals surface area (Å²) >= 11 is 0. The Labute approximate surface area is 158 Å². The molecule has 0 aliphatic heterocycles. The van der Waals surface area contributed by atoms with Crippen molar-refractivity contribution in [3.8, 4) is 0 Å². The summed E-state index contributed by atoms with van der Waals surface area (Å²) in [7, 11) is 2.91. The second-order valence-electron chi connectivity index (χ2n) is 4.42. The molecular weight excluding hydrogens is 324 g/mol. The van der Waals surface area contributed by atoms with E-state index in [4.69, 9.17) is 14.6 Å². The van der Waals surface area contributed by atoms with Crippen LogP contribution in [-0.4, -0.2) is 48.6 Å². The van der Waals surface area contributed by atoms with E-state index < -0.39 is 11.6 Å². The van der Waals surface area contributed by atoms with Crippen LogP contribution in [0.1, 0.15) is 85.5 Å². The molecule has 6 heteroatoms. The largest absolute Gasteiger partial charge is 0.481 e. The summed E-state index contributed by atoms with van der Waals surface area (Å²) < 4.78 is 9.74. The van der Waals surface area contributed by atoms with Gasteiger partial charge in [0.15, 0.2) is 11.6 Å². The number of rotatable bonds is 8. The average molecular weight is 374 g/mol. The maximum absolute atomic E-state index is 11.1. The molecule has 2 unspecified atom stereocenters. The Balaban J connectivity index is -0.0000000352. The van der Waals surface area contributed by atoms with Crippen molar-refractivity contribution in [2.75, 3.05) is 14.2 Å². The van der Waals surface area contributed by atoms with Gasteiger partial charge in [0, 0.05) is 15.6 Å². The second-order valence-corrected chi connectivity index (χ2v) is 4.42. The number of carbonyl (C=O) groups is 3. The van der Waals surface area contributed by atoms with Gasteiger partial charge < -0.3 is 14.6 Å². The zero-order valence-corrected chi connectivity index (χ0v) is 13.2. The monoisotopic (exact) mass is 373 g/mol. The molecule has 0 aromatic rings. The minimum absolute atomic E-state index is 0. The number of carbonyl (C=O) groups excluding carboxylic acids is 2. The Morgan fingerprint density at radius 2 is 1.40 bits per heavy atom. The zero-order chi connectivity index (χ0) is 16.3. The van der Waals surface area contributed by atoms with Gasteiger partial charge in [-0.25, -0.2) is 0 Å². The van der Waals surface area contributed by atoms with Crippen LogP contribution in [0.25, 0.3) is 0 Å². The first-order valence-electron chi connectivity index (χ1n) is 6.51. The van der Waals surface area contributed by atoms with Gasteiger partial charge in [0.05, 0.1) is 6.42 Å². The third-order valence-electron chi connectivity index (χ3n) is 3.15. The number of aliphatic carboxylic acids is 1. The van der Waals surface area contributed by atoms with Crippen LogP contribution in [0.15, 0.2) is 0 Å². The summed E-state index contributed by atoms with van der Waals surface area (Å²) in [5.74, 6) is -1.15. The highest BCUT2D eigenvalue weighted by Crippen LogP contribution is 2.20. The fraction of sp³-hybridized carbons (Fsp3) is 0.842. The van der Waals surface area contributed by atoms with E-state index in [0.29, 0.717) is 6.42 Å². The summed E-state index contributed by atoms with van der Waals surface area (Å²) in [6.07, 6.45) is 0.696. The normalized spacial score (nSPS) is 11.6. The number of hydrogen-bond donors (Lipinski definition) is 1. The third-order valence-corrected chi connectivity index (χ3v) is 3.15. The van der Waals surface area contributed by atoms with Gasteiger partial charge in [0.25, 0.3) is 0 Å². The average Bonchev–Trinajstić information content (AvgIpc) is 2.37. The van der Waals surface area contributed by atoms with Crippen LogP contribution in [0.4, 0.5) is 0 Å². The number of ether oxygens (including phenoxy) is 2. The highest BCUT2D eigenvalue weighted by Gasteiger charge is 2.35. The number of carboxylic acids is 1. The van der Waals surface area contributed by atoms with Crippen LogP contribution < -0.4 is 0 Å². The molecule has 0 saturated heterocycles. The van der Waals surface area contributed by atoms with Gasteiger partial charge in [-0.05, 0) is 26.7 Å². The molecule has 0 heterocycles. The Morgan fingerprint density at radius 3 is 1.44 bits per heavy atom. The zero-order valence-electron chi connectivity index (χ0n) is 13.2. The van der Waals surface area contributed by atoms with Gasteiger partial charge in [0.1, 0.15) is 11.7 Å². The molecule has 0 fully saturated rings. The van der Waals surface area contributed by atoms with Crippen molar-refractivity contribution >= 4 is 17.5 Å². The molecular formula is C19H48O6. The number of carboxylic acid groups (broad SMARTS) is 1. The van der Waals surface area contributed by atoms with Crippen LogP contribution in [-0.2, 0) is 23.9 Å². The summed E-state index contributed by atoms with van der Waals surface area (Å²) in [4.78, 5) is 32.0. The predicted octanol–water partition coefficient (Wildman–Crippen LogP) is 5.27. The van der Waals surface area contributed by atoms with Gasteiger partial charge >= 0.3 is 5.97 Å². The molecule has 0 aliphatic carbocycles. The van der Waals surface area contributed by atoms with E-state index in [1.54, 1.807) is 14.0 Å². The quantitative estimate of drug-likeness (QED) is 0.623. The maximum Gasteiger partial charge on any atom is 0.306 e. The first-order valence-corrected chi connectivity index (χ1v) is 6.51. The van der Waals surface area contributed by atoms with Crippen molar-refractivity contribution in [3.05, 3.63) is 0 Å². The van der Waals surface area contributed by atoms with Crippen molar-refractivity contribution in [2.45, 2.75) is 95.8 Å². The molecule has 0 amide bonds.